The lowest BCUT2D eigenvalue weighted by Crippen LogP contribution is -2.18. The maximum atomic E-state index is 5.33. The molecule has 0 saturated heterocycles. The molecular formula is C12H15N5. The number of nitrogens with two attached hydrogens (primary N) is 1. The SMILES string of the molecule is CN(Cc1ccccn1)c1ccnc(NN)c1. The first kappa shape index (κ1) is 11.3. The summed E-state index contributed by atoms with van der Waals surface area (Å²) in [5.41, 5.74) is 4.60. The van der Waals surface area contributed by atoms with Crippen LogP contribution in [0.5, 0.6) is 0 Å². The van der Waals surface area contributed by atoms with Gasteiger partial charge >= 0.3 is 0 Å². The Kier molecular flexibility index (Phi) is 3.52. The Morgan fingerprint density at radius 3 is 2.82 bits per heavy atom. The van der Waals surface area contributed by atoms with Crippen LogP contribution in [0.4, 0.5) is 11.5 Å². The summed E-state index contributed by atoms with van der Waals surface area (Å²) in [4.78, 5) is 10.4. The van der Waals surface area contributed by atoms with E-state index < -0.39 is 0 Å². The second-order valence-electron chi connectivity index (χ2n) is 3.72. The van der Waals surface area contributed by atoms with E-state index in [1.54, 1.807) is 12.4 Å². The van der Waals surface area contributed by atoms with Gasteiger partial charge in [0.1, 0.15) is 5.82 Å². The van der Waals surface area contributed by atoms with Crippen LogP contribution in [0.2, 0.25) is 0 Å². The Balaban J connectivity index is 2.11. The first-order valence-corrected chi connectivity index (χ1v) is 5.33. The second kappa shape index (κ2) is 5.27. The summed E-state index contributed by atoms with van der Waals surface area (Å²) in [5.74, 6) is 5.98. The zero-order chi connectivity index (χ0) is 12.1. The van der Waals surface area contributed by atoms with Gasteiger partial charge in [-0.05, 0) is 18.2 Å². The van der Waals surface area contributed by atoms with Crippen LogP contribution in [0.1, 0.15) is 5.69 Å². The first-order valence-electron chi connectivity index (χ1n) is 5.33. The molecule has 2 heterocycles. The molecule has 0 spiro atoms. The molecule has 0 saturated carbocycles. The van der Waals surface area contributed by atoms with Gasteiger partial charge in [0.15, 0.2) is 0 Å². The average Bonchev–Trinajstić information content (AvgIpc) is 2.40. The van der Waals surface area contributed by atoms with Crippen molar-refractivity contribution in [3.63, 3.8) is 0 Å². The lowest BCUT2D eigenvalue weighted by Gasteiger charge is -2.19. The van der Waals surface area contributed by atoms with Crippen LogP contribution in [0.25, 0.3) is 0 Å². The molecule has 5 nitrogen and oxygen atoms in total. The van der Waals surface area contributed by atoms with Crippen LogP contribution in [0, 0.1) is 0 Å². The van der Waals surface area contributed by atoms with E-state index in [4.69, 9.17) is 5.84 Å². The van der Waals surface area contributed by atoms with Crippen LogP contribution < -0.4 is 16.2 Å². The minimum absolute atomic E-state index is 0.648. The zero-order valence-electron chi connectivity index (χ0n) is 9.67. The van der Waals surface area contributed by atoms with Gasteiger partial charge in [-0.2, -0.15) is 0 Å². The molecule has 2 aromatic heterocycles. The standard InChI is InChI=1S/C12H15N5/c1-17(9-10-4-2-3-6-14-10)11-5-7-15-12(8-11)16-13/h2-8H,9,13H2,1H3,(H,15,16). The van der Waals surface area contributed by atoms with Crippen molar-refractivity contribution < 1.29 is 0 Å². The normalized spacial score (nSPS) is 10.0. The molecule has 2 rings (SSSR count). The largest absolute Gasteiger partial charge is 0.369 e. The highest BCUT2D eigenvalue weighted by Gasteiger charge is 2.03. The highest BCUT2D eigenvalue weighted by molar-refractivity contribution is 5.52. The van der Waals surface area contributed by atoms with E-state index in [9.17, 15) is 0 Å². The first-order chi connectivity index (χ1) is 8.29. The fourth-order valence-corrected chi connectivity index (χ4v) is 1.56. The van der Waals surface area contributed by atoms with Crippen LogP contribution in [-0.2, 0) is 6.54 Å². The van der Waals surface area contributed by atoms with Gasteiger partial charge < -0.3 is 10.3 Å². The van der Waals surface area contributed by atoms with Gasteiger partial charge in [0, 0.05) is 31.2 Å². The van der Waals surface area contributed by atoms with Gasteiger partial charge in [-0.15, -0.1) is 0 Å². The predicted octanol–water partition coefficient (Wildman–Crippen LogP) is 1.40. The molecule has 0 bridgehead atoms. The van der Waals surface area contributed by atoms with Crippen molar-refractivity contribution in [1.82, 2.24) is 9.97 Å². The van der Waals surface area contributed by atoms with Gasteiger partial charge in [0.25, 0.3) is 0 Å². The molecule has 0 aliphatic carbocycles. The van der Waals surface area contributed by atoms with E-state index in [-0.39, 0.29) is 0 Å². The van der Waals surface area contributed by atoms with Gasteiger partial charge in [0.05, 0.1) is 12.2 Å². The van der Waals surface area contributed by atoms with Crippen molar-refractivity contribution in [1.29, 1.82) is 0 Å². The summed E-state index contributed by atoms with van der Waals surface area (Å²) < 4.78 is 0. The number of nitrogens with zero attached hydrogens (tertiary/aromatic N) is 3. The highest BCUT2D eigenvalue weighted by Crippen LogP contribution is 2.16. The van der Waals surface area contributed by atoms with Crippen molar-refractivity contribution in [2.24, 2.45) is 5.84 Å². The topological polar surface area (TPSA) is 67.1 Å². The molecule has 88 valence electrons. The number of nitrogens with one attached hydrogen (secondary N) is 1. The summed E-state index contributed by atoms with van der Waals surface area (Å²) in [6, 6.07) is 9.72. The average molecular weight is 229 g/mol. The van der Waals surface area contributed by atoms with Crippen LogP contribution in [-0.4, -0.2) is 17.0 Å². The molecule has 0 aliphatic heterocycles. The second-order valence-corrected chi connectivity index (χ2v) is 3.72. The number of nitrogen functional groups attached to an aromatic ring is 1. The number of hydrogen-bond donors (Lipinski definition) is 2. The molecule has 5 heteroatoms. The molecule has 0 radical (unpaired) electrons. The summed E-state index contributed by atoms with van der Waals surface area (Å²) >= 11 is 0. The molecule has 3 N–H and O–H groups in total. The smallest absolute Gasteiger partial charge is 0.141 e. The third-order valence-electron chi connectivity index (χ3n) is 2.46. The summed E-state index contributed by atoms with van der Waals surface area (Å²) in [5, 5.41) is 0. The van der Waals surface area contributed by atoms with Crippen molar-refractivity contribution in [2.75, 3.05) is 17.4 Å². The molecule has 0 amide bonds. The molecule has 2 aromatic rings. The quantitative estimate of drug-likeness (QED) is 0.612. The van der Waals surface area contributed by atoms with E-state index in [2.05, 4.69) is 20.3 Å². The molecule has 0 aromatic carbocycles. The van der Waals surface area contributed by atoms with Gasteiger partial charge in [-0.25, -0.2) is 10.8 Å². The van der Waals surface area contributed by atoms with E-state index in [1.165, 1.54) is 0 Å². The monoisotopic (exact) mass is 229 g/mol. The number of rotatable bonds is 4. The Morgan fingerprint density at radius 1 is 1.24 bits per heavy atom. The van der Waals surface area contributed by atoms with Crippen LogP contribution in [0.15, 0.2) is 42.7 Å². The Labute approximate surface area is 100 Å². The molecule has 0 fully saturated rings. The zero-order valence-corrected chi connectivity index (χ0v) is 9.67. The van der Waals surface area contributed by atoms with Crippen molar-refractivity contribution in [2.45, 2.75) is 6.54 Å². The minimum Gasteiger partial charge on any atom is -0.369 e. The van der Waals surface area contributed by atoms with Gasteiger partial charge in [-0.3, -0.25) is 4.98 Å². The minimum atomic E-state index is 0.648. The summed E-state index contributed by atoms with van der Waals surface area (Å²) in [7, 11) is 2.00. The van der Waals surface area contributed by atoms with E-state index in [0.29, 0.717) is 5.82 Å². The van der Waals surface area contributed by atoms with E-state index in [0.717, 1.165) is 17.9 Å². The molecule has 0 unspecified atom stereocenters. The van der Waals surface area contributed by atoms with E-state index >= 15 is 0 Å². The number of hydrazine groups is 1. The highest BCUT2D eigenvalue weighted by atomic mass is 15.2. The molecule has 17 heavy (non-hydrogen) atoms. The van der Waals surface area contributed by atoms with E-state index in [1.807, 2.05) is 37.4 Å². The van der Waals surface area contributed by atoms with Crippen molar-refractivity contribution >= 4 is 11.5 Å². The number of anilines is 2. The number of pyridine rings is 2. The number of hydrogen-bond acceptors (Lipinski definition) is 5. The van der Waals surface area contributed by atoms with Crippen LogP contribution >= 0.6 is 0 Å². The van der Waals surface area contributed by atoms with Crippen molar-refractivity contribution in [3.05, 3.63) is 48.4 Å². The van der Waals surface area contributed by atoms with Gasteiger partial charge in [-0.1, -0.05) is 6.07 Å². The third-order valence-corrected chi connectivity index (χ3v) is 2.46. The fraction of sp³-hybridized carbons (Fsp3) is 0.167. The van der Waals surface area contributed by atoms with Gasteiger partial charge in [0.2, 0.25) is 0 Å². The Morgan fingerprint density at radius 2 is 2.12 bits per heavy atom. The molecule has 0 aliphatic rings. The number of aromatic nitrogens is 2. The maximum Gasteiger partial charge on any atom is 0.141 e. The summed E-state index contributed by atoms with van der Waals surface area (Å²) in [6.45, 7) is 0.745. The molecule has 0 atom stereocenters. The molecular weight excluding hydrogens is 214 g/mol. The third kappa shape index (κ3) is 2.92. The predicted molar refractivity (Wildman–Crippen MR) is 68.4 cm³/mol. The van der Waals surface area contributed by atoms with Crippen LogP contribution in [0.3, 0.4) is 0 Å². The fourth-order valence-electron chi connectivity index (χ4n) is 1.56. The Bertz CT molecular complexity index is 471. The maximum absolute atomic E-state index is 5.33. The summed E-state index contributed by atoms with van der Waals surface area (Å²) in [6.07, 6.45) is 3.52. The Hall–Kier alpha value is -2.14. The van der Waals surface area contributed by atoms with Crippen molar-refractivity contribution in [3.8, 4) is 0 Å². The lowest BCUT2D eigenvalue weighted by molar-refractivity contribution is 0.883. The lowest BCUT2D eigenvalue weighted by atomic mass is 10.3.